The van der Waals surface area contributed by atoms with Gasteiger partial charge in [-0.1, -0.05) is 0 Å². The molecule has 0 amide bonds. The maximum absolute atomic E-state index is 10.5. The highest BCUT2D eigenvalue weighted by Gasteiger charge is 2.15. The van der Waals surface area contributed by atoms with Gasteiger partial charge in [-0.15, -0.1) is 0 Å². The average molecular weight is 216 g/mol. The minimum absolute atomic E-state index is 0.497. The van der Waals surface area contributed by atoms with Crippen LogP contribution in [0.1, 0.15) is 6.92 Å². The zero-order chi connectivity index (χ0) is 11.3. The summed E-state index contributed by atoms with van der Waals surface area (Å²) in [5.41, 5.74) is 0. The van der Waals surface area contributed by atoms with Gasteiger partial charge in [0.25, 0.3) is 0 Å². The fourth-order valence-corrected chi connectivity index (χ4v) is 1.50. The molecule has 0 aromatic heterocycles. The zero-order valence-electron chi connectivity index (χ0n) is 9.48. The van der Waals surface area contributed by atoms with Crippen molar-refractivity contribution in [2.24, 2.45) is 0 Å². The summed E-state index contributed by atoms with van der Waals surface area (Å²) in [6.07, 6.45) is -0.697. The third-order valence-electron chi connectivity index (χ3n) is 2.72. The second-order valence-corrected chi connectivity index (χ2v) is 4.00. The van der Waals surface area contributed by atoms with Gasteiger partial charge >= 0.3 is 5.97 Å². The van der Waals surface area contributed by atoms with Crippen LogP contribution in [0.15, 0.2) is 0 Å². The van der Waals surface area contributed by atoms with E-state index in [0.717, 1.165) is 32.7 Å². The second-order valence-electron chi connectivity index (χ2n) is 4.00. The van der Waals surface area contributed by atoms with Crippen molar-refractivity contribution in [2.45, 2.75) is 13.0 Å². The third-order valence-corrected chi connectivity index (χ3v) is 2.72. The van der Waals surface area contributed by atoms with Crippen LogP contribution < -0.4 is 0 Å². The first-order valence-corrected chi connectivity index (χ1v) is 5.35. The predicted octanol–water partition coefficient (Wildman–Crippen LogP) is -0.276. The molecular formula is C10H20N2O3. The molecule has 0 radical (unpaired) electrons. The quantitative estimate of drug-likeness (QED) is 0.685. The summed E-state index contributed by atoms with van der Waals surface area (Å²) in [6.45, 7) is 7.13. The lowest BCUT2D eigenvalue weighted by molar-refractivity contribution is -0.149. The molecule has 0 aromatic carbocycles. The topological polar surface area (TPSA) is 53.0 Å². The molecule has 1 aliphatic rings. The van der Waals surface area contributed by atoms with Crippen LogP contribution in [0.25, 0.3) is 0 Å². The first-order chi connectivity index (χ1) is 7.09. The normalized spacial score (nSPS) is 21.5. The zero-order valence-corrected chi connectivity index (χ0v) is 9.48. The van der Waals surface area contributed by atoms with E-state index in [4.69, 9.17) is 9.84 Å². The van der Waals surface area contributed by atoms with Gasteiger partial charge in [0.1, 0.15) is 0 Å². The molecule has 1 N–H and O–H groups in total. The monoisotopic (exact) mass is 216 g/mol. The van der Waals surface area contributed by atoms with Crippen LogP contribution in [0, 0.1) is 0 Å². The molecule has 5 heteroatoms. The summed E-state index contributed by atoms with van der Waals surface area (Å²) in [5.74, 6) is -0.895. The average Bonchev–Trinajstić information content (AvgIpc) is 2.20. The third kappa shape index (κ3) is 4.59. The molecule has 1 fully saturated rings. The van der Waals surface area contributed by atoms with Crippen molar-refractivity contribution in [3.8, 4) is 0 Å². The minimum atomic E-state index is -0.895. The summed E-state index contributed by atoms with van der Waals surface area (Å²) >= 11 is 0. The summed E-state index contributed by atoms with van der Waals surface area (Å²) in [6, 6.07) is 0. The van der Waals surface area contributed by atoms with Gasteiger partial charge in [-0.05, 0) is 14.0 Å². The fourth-order valence-electron chi connectivity index (χ4n) is 1.50. The number of nitrogens with zero attached hydrogens (tertiary/aromatic N) is 2. The second kappa shape index (κ2) is 6.05. The number of rotatable bonds is 5. The maximum Gasteiger partial charge on any atom is 0.332 e. The van der Waals surface area contributed by atoms with E-state index in [1.54, 1.807) is 6.92 Å². The molecule has 0 unspecified atom stereocenters. The van der Waals surface area contributed by atoms with Crippen molar-refractivity contribution < 1.29 is 14.6 Å². The van der Waals surface area contributed by atoms with Crippen molar-refractivity contribution in [3.63, 3.8) is 0 Å². The Morgan fingerprint density at radius 1 is 1.40 bits per heavy atom. The molecule has 1 saturated heterocycles. The number of carboxylic acid groups (broad SMARTS) is 1. The Morgan fingerprint density at radius 3 is 2.53 bits per heavy atom. The van der Waals surface area contributed by atoms with E-state index in [-0.39, 0.29) is 0 Å². The Kier molecular flexibility index (Phi) is 5.01. The molecule has 0 aromatic rings. The number of carboxylic acids is 1. The van der Waals surface area contributed by atoms with Gasteiger partial charge < -0.3 is 14.7 Å². The molecule has 88 valence electrons. The Balaban J connectivity index is 2.07. The largest absolute Gasteiger partial charge is 0.479 e. The van der Waals surface area contributed by atoms with Gasteiger partial charge in [0, 0.05) is 32.7 Å². The number of piperazine rings is 1. The van der Waals surface area contributed by atoms with Gasteiger partial charge in [0.15, 0.2) is 6.10 Å². The van der Waals surface area contributed by atoms with Crippen molar-refractivity contribution in [3.05, 3.63) is 0 Å². The number of hydrogen-bond donors (Lipinski definition) is 1. The SMILES string of the molecule is C[C@@H](OCCN1CCN(C)CC1)C(=O)O. The van der Waals surface area contributed by atoms with Crippen LogP contribution in [-0.4, -0.2) is 73.4 Å². The smallest absolute Gasteiger partial charge is 0.332 e. The number of hydrogen-bond acceptors (Lipinski definition) is 4. The molecule has 1 atom stereocenters. The first kappa shape index (κ1) is 12.4. The van der Waals surface area contributed by atoms with E-state index in [1.165, 1.54) is 0 Å². The molecule has 1 aliphatic heterocycles. The van der Waals surface area contributed by atoms with Gasteiger partial charge in [0.05, 0.1) is 6.61 Å². The lowest BCUT2D eigenvalue weighted by atomic mass is 10.3. The number of carbonyl (C=O) groups is 1. The van der Waals surface area contributed by atoms with E-state index in [1.807, 2.05) is 0 Å². The molecule has 5 nitrogen and oxygen atoms in total. The van der Waals surface area contributed by atoms with Crippen molar-refractivity contribution >= 4 is 5.97 Å². The van der Waals surface area contributed by atoms with Gasteiger partial charge in [-0.2, -0.15) is 0 Å². The van der Waals surface area contributed by atoms with Gasteiger partial charge in [-0.25, -0.2) is 4.79 Å². The fraction of sp³-hybridized carbons (Fsp3) is 0.900. The Morgan fingerprint density at radius 2 is 2.00 bits per heavy atom. The van der Waals surface area contributed by atoms with E-state index < -0.39 is 12.1 Å². The Bertz CT molecular complexity index is 203. The summed E-state index contributed by atoms with van der Waals surface area (Å²) in [5, 5.41) is 8.61. The lowest BCUT2D eigenvalue weighted by Crippen LogP contribution is -2.45. The highest BCUT2D eigenvalue weighted by Crippen LogP contribution is 1.99. The standard InChI is InChI=1S/C10H20N2O3/c1-9(10(13)14)15-8-7-12-5-3-11(2)4-6-12/h9H,3-8H2,1-2H3,(H,13,14)/t9-/m1/s1. The minimum Gasteiger partial charge on any atom is -0.479 e. The molecule has 0 saturated carbocycles. The molecule has 0 spiro atoms. The first-order valence-electron chi connectivity index (χ1n) is 5.35. The van der Waals surface area contributed by atoms with E-state index in [9.17, 15) is 4.79 Å². The van der Waals surface area contributed by atoms with Crippen LogP contribution in [0.5, 0.6) is 0 Å². The number of ether oxygens (including phenoxy) is 1. The lowest BCUT2D eigenvalue weighted by Gasteiger charge is -2.32. The summed E-state index contributed by atoms with van der Waals surface area (Å²) < 4.78 is 5.18. The van der Waals surface area contributed by atoms with Crippen LogP contribution >= 0.6 is 0 Å². The molecule has 1 rings (SSSR count). The predicted molar refractivity (Wildman–Crippen MR) is 57.0 cm³/mol. The molecule has 15 heavy (non-hydrogen) atoms. The van der Waals surface area contributed by atoms with Crippen LogP contribution in [-0.2, 0) is 9.53 Å². The van der Waals surface area contributed by atoms with E-state index in [2.05, 4.69) is 16.8 Å². The number of aliphatic carboxylic acids is 1. The van der Waals surface area contributed by atoms with Crippen LogP contribution in [0.2, 0.25) is 0 Å². The number of likely N-dealkylation sites (N-methyl/N-ethyl adjacent to an activating group) is 1. The van der Waals surface area contributed by atoms with E-state index in [0.29, 0.717) is 6.61 Å². The summed E-state index contributed by atoms with van der Waals surface area (Å²) in [7, 11) is 2.11. The molecule has 1 heterocycles. The van der Waals surface area contributed by atoms with Crippen molar-refractivity contribution in [2.75, 3.05) is 46.4 Å². The van der Waals surface area contributed by atoms with Crippen molar-refractivity contribution in [1.82, 2.24) is 9.80 Å². The molecular weight excluding hydrogens is 196 g/mol. The highest BCUT2D eigenvalue weighted by molar-refractivity contribution is 5.71. The van der Waals surface area contributed by atoms with Gasteiger partial charge in [0.2, 0.25) is 0 Å². The Labute approximate surface area is 90.6 Å². The van der Waals surface area contributed by atoms with Crippen LogP contribution in [0.4, 0.5) is 0 Å². The highest BCUT2D eigenvalue weighted by atomic mass is 16.5. The van der Waals surface area contributed by atoms with Crippen LogP contribution in [0.3, 0.4) is 0 Å². The van der Waals surface area contributed by atoms with Crippen molar-refractivity contribution in [1.29, 1.82) is 0 Å². The Hall–Kier alpha value is -0.650. The maximum atomic E-state index is 10.5. The summed E-state index contributed by atoms with van der Waals surface area (Å²) in [4.78, 5) is 15.1. The van der Waals surface area contributed by atoms with Gasteiger partial charge in [-0.3, -0.25) is 4.90 Å². The van der Waals surface area contributed by atoms with E-state index >= 15 is 0 Å². The molecule has 0 bridgehead atoms. The molecule has 0 aliphatic carbocycles.